The molecule has 1 N–H and O–H groups in total. The van der Waals surface area contributed by atoms with E-state index in [0.29, 0.717) is 0 Å². The Morgan fingerprint density at radius 1 is 1.22 bits per heavy atom. The minimum Gasteiger partial charge on any atom is -0.481 e. The van der Waals surface area contributed by atoms with E-state index in [2.05, 4.69) is 0 Å². The summed E-state index contributed by atoms with van der Waals surface area (Å²) in [7, 11) is 1.50. The lowest BCUT2D eigenvalue weighted by Crippen LogP contribution is -2.35. The minimum absolute atomic E-state index is 0.0353. The van der Waals surface area contributed by atoms with Crippen molar-refractivity contribution in [1.82, 2.24) is 9.80 Å². The van der Waals surface area contributed by atoms with Gasteiger partial charge in [0.1, 0.15) is 0 Å². The normalized spacial score (nSPS) is 15.1. The molecule has 0 unspecified atom stereocenters. The van der Waals surface area contributed by atoms with Gasteiger partial charge in [-0.2, -0.15) is 0 Å². The van der Waals surface area contributed by atoms with Crippen molar-refractivity contribution in [3.8, 4) is 0 Å². The van der Waals surface area contributed by atoms with Gasteiger partial charge in [-0.3, -0.25) is 24.1 Å². The summed E-state index contributed by atoms with van der Waals surface area (Å²) in [5, 5.41) is 8.48. The van der Waals surface area contributed by atoms with Gasteiger partial charge in [-0.1, -0.05) is 0 Å². The highest BCUT2D eigenvalue weighted by atomic mass is 16.4. The molecule has 0 aromatic carbocycles. The SMILES string of the molecule is CN(CCC(=O)O)C(=O)CCN1C(=O)CCC1=O. The maximum Gasteiger partial charge on any atom is 0.305 e. The van der Waals surface area contributed by atoms with Crippen molar-refractivity contribution in [3.05, 3.63) is 0 Å². The summed E-state index contributed by atoms with van der Waals surface area (Å²) in [6.07, 6.45) is 0.334. The van der Waals surface area contributed by atoms with Gasteiger partial charge in [0.15, 0.2) is 0 Å². The molecule has 0 bridgehead atoms. The lowest BCUT2D eigenvalue weighted by atomic mass is 10.3. The standard InChI is InChI=1S/C11H16N2O5/c1-12(6-5-11(17)18)8(14)4-7-13-9(15)2-3-10(13)16/h2-7H2,1H3,(H,17,18). The van der Waals surface area contributed by atoms with Gasteiger partial charge >= 0.3 is 5.97 Å². The summed E-state index contributed by atoms with van der Waals surface area (Å²) in [6.45, 7) is 0.198. The average molecular weight is 256 g/mol. The van der Waals surface area contributed by atoms with E-state index in [1.54, 1.807) is 0 Å². The Balaban J connectivity index is 2.34. The van der Waals surface area contributed by atoms with E-state index in [4.69, 9.17) is 5.11 Å². The molecular formula is C11H16N2O5. The number of carboxylic acid groups (broad SMARTS) is 1. The highest BCUT2D eigenvalue weighted by Gasteiger charge is 2.29. The second-order valence-corrected chi connectivity index (χ2v) is 4.15. The Morgan fingerprint density at radius 3 is 2.28 bits per heavy atom. The Hall–Kier alpha value is -1.92. The van der Waals surface area contributed by atoms with Crippen LogP contribution in [0.25, 0.3) is 0 Å². The molecule has 1 heterocycles. The highest BCUT2D eigenvalue weighted by Crippen LogP contribution is 2.12. The number of carbonyl (C=O) groups excluding carboxylic acids is 3. The lowest BCUT2D eigenvalue weighted by Gasteiger charge is -2.18. The summed E-state index contributed by atoms with van der Waals surface area (Å²) >= 11 is 0. The van der Waals surface area contributed by atoms with Crippen molar-refractivity contribution in [2.45, 2.75) is 25.7 Å². The molecule has 100 valence electrons. The van der Waals surface area contributed by atoms with Gasteiger partial charge < -0.3 is 10.0 Å². The molecule has 0 saturated carbocycles. The second kappa shape index (κ2) is 6.13. The summed E-state index contributed by atoms with van der Waals surface area (Å²) in [6, 6.07) is 0. The van der Waals surface area contributed by atoms with Crippen LogP contribution in [0.2, 0.25) is 0 Å². The smallest absolute Gasteiger partial charge is 0.305 e. The predicted molar refractivity (Wildman–Crippen MR) is 60.5 cm³/mol. The van der Waals surface area contributed by atoms with Crippen LogP contribution in [-0.4, -0.2) is 58.7 Å². The Morgan fingerprint density at radius 2 is 1.78 bits per heavy atom. The summed E-state index contributed by atoms with van der Waals surface area (Å²) in [5.74, 6) is -1.75. The quantitative estimate of drug-likeness (QED) is 0.644. The van der Waals surface area contributed by atoms with Crippen LogP contribution in [0.5, 0.6) is 0 Å². The van der Waals surface area contributed by atoms with Crippen molar-refractivity contribution < 1.29 is 24.3 Å². The zero-order valence-corrected chi connectivity index (χ0v) is 10.2. The van der Waals surface area contributed by atoms with Crippen LogP contribution >= 0.6 is 0 Å². The monoisotopic (exact) mass is 256 g/mol. The molecule has 0 spiro atoms. The number of amides is 3. The first-order chi connectivity index (χ1) is 8.41. The van der Waals surface area contributed by atoms with Gasteiger partial charge in [-0.25, -0.2) is 0 Å². The van der Waals surface area contributed by atoms with Crippen molar-refractivity contribution in [2.75, 3.05) is 20.1 Å². The number of carbonyl (C=O) groups is 4. The fourth-order valence-corrected chi connectivity index (χ4v) is 1.66. The van der Waals surface area contributed by atoms with Crippen LogP contribution in [0.3, 0.4) is 0 Å². The van der Waals surface area contributed by atoms with E-state index < -0.39 is 5.97 Å². The van der Waals surface area contributed by atoms with E-state index in [-0.39, 0.29) is 56.5 Å². The molecule has 1 fully saturated rings. The highest BCUT2D eigenvalue weighted by molar-refractivity contribution is 6.02. The van der Waals surface area contributed by atoms with Gasteiger partial charge in [-0.15, -0.1) is 0 Å². The third-order valence-corrected chi connectivity index (χ3v) is 2.79. The summed E-state index contributed by atoms with van der Waals surface area (Å²) in [5.41, 5.74) is 0. The van der Waals surface area contributed by atoms with Gasteiger partial charge in [0.05, 0.1) is 6.42 Å². The number of likely N-dealkylation sites (tertiary alicyclic amines) is 1. The van der Waals surface area contributed by atoms with Crippen molar-refractivity contribution in [2.24, 2.45) is 0 Å². The Labute approximate surface area is 104 Å². The third kappa shape index (κ3) is 3.83. The molecule has 0 radical (unpaired) electrons. The molecule has 18 heavy (non-hydrogen) atoms. The Kier molecular flexibility index (Phi) is 4.82. The topological polar surface area (TPSA) is 95.0 Å². The molecular weight excluding hydrogens is 240 g/mol. The lowest BCUT2D eigenvalue weighted by molar-refractivity contribution is -0.139. The van der Waals surface area contributed by atoms with Crippen LogP contribution in [0.15, 0.2) is 0 Å². The average Bonchev–Trinajstić information content (AvgIpc) is 2.63. The van der Waals surface area contributed by atoms with Crippen LogP contribution in [-0.2, 0) is 19.2 Å². The van der Waals surface area contributed by atoms with E-state index in [9.17, 15) is 19.2 Å². The molecule has 3 amide bonds. The molecule has 0 atom stereocenters. The number of hydrogen-bond donors (Lipinski definition) is 1. The maximum absolute atomic E-state index is 11.6. The van der Waals surface area contributed by atoms with Crippen LogP contribution in [0.4, 0.5) is 0 Å². The summed E-state index contributed by atoms with van der Waals surface area (Å²) in [4.78, 5) is 46.9. The van der Waals surface area contributed by atoms with Gasteiger partial charge in [-0.05, 0) is 0 Å². The minimum atomic E-state index is -0.973. The van der Waals surface area contributed by atoms with Crippen molar-refractivity contribution >= 4 is 23.7 Å². The van der Waals surface area contributed by atoms with Crippen LogP contribution < -0.4 is 0 Å². The number of imide groups is 1. The first-order valence-electron chi connectivity index (χ1n) is 5.70. The molecule has 1 aliphatic heterocycles. The van der Waals surface area contributed by atoms with Crippen molar-refractivity contribution in [3.63, 3.8) is 0 Å². The Bertz CT molecular complexity index is 364. The van der Waals surface area contributed by atoms with Gasteiger partial charge in [0.25, 0.3) is 0 Å². The van der Waals surface area contributed by atoms with Gasteiger partial charge in [0.2, 0.25) is 17.7 Å². The number of hydrogen-bond acceptors (Lipinski definition) is 4. The summed E-state index contributed by atoms with van der Waals surface area (Å²) < 4.78 is 0. The number of nitrogens with zero attached hydrogens (tertiary/aromatic N) is 2. The molecule has 0 aromatic heterocycles. The molecule has 0 aromatic rings. The van der Waals surface area contributed by atoms with E-state index in [1.807, 2.05) is 0 Å². The van der Waals surface area contributed by atoms with E-state index in [0.717, 1.165) is 4.90 Å². The number of rotatable bonds is 6. The molecule has 7 nitrogen and oxygen atoms in total. The fraction of sp³-hybridized carbons (Fsp3) is 0.636. The van der Waals surface area contributed by atoms with E-state index in [1.165, 1.54) is 11.9 Å². The largest absolute Gasteiger partial charge is 0.481 e. The van der Waals surface area contributed by atoms with Crippen molar-refractivity contribution in [1.29, 1.82) is 0 Å². The zero-order valence-electron chi connectivity index (χ0n) is 10.2. The van der Waals surface area contributed by atoms with Crippen LogP contribution in [0, 0.1) is 0 Å². The second-order valence-electron chi connectivity index (χ2n) is 4.15. The molecule has 0 aliphatic carbocycles. The molecule has 1 saturated heterocycles. The molecule has 7 heteroatoms. The number of carboxylic acids is 1. The molecule has 1 rings (SSSR count). The van der Waals surface area contributed by atoms with E-state index >= 15 is 0 Å². The third-order valence-electron chi connectivity index (χ3n) is 2.79. The maximum atomic E-state index is 11.6. The van der Waals surface area contributed by atoms with Crippen LogP contribution in [0.1, 0.15) is 25.7 Å². The first-order valence-corrected chi connectivity index (χ1v) is 5.70. The first kappa shape index (κ1) is 14.1. The molecule has 1 aliphatic rings. The number of aliphatic carboxylic acids is 1. The fourth-order valence-electron chi connectivity index (χ4n) is 1.66. The van der Waals surface area contributed by atoms with Gasteiger partial charge in [0, 0.05) is 39.4 Å². The predicted octanol–water partition coefficient (Wildman–Crippen LogP) is -0.541. The zero-order chi connectivity index (χ0) is 13.7.